The van der Waals surface area contributed by atoms with E-state index in [1.807, 2.05) is 13.8 Å². The molecular formula is C26H24F3NO3S. The van der Waals surface area contributed by atoms with Crippen LogP contribution >= 0.6 is 11.3 Å². The van der Waals surface area contributed by atoms with Crippen LogP contribution in [0.3, 0.4) is 0 Å². The van der Waals surface area contributed by atoms with Crippen LogP contribution < -0.4 is 0 Å². The molecule has 4 nitrogen and oxygen atoms in total. The standard InChI is InChI=1S/C14H13F3S.C12H11NO3/c1-9-7-12(10(2)18-9)8-11-3-5-13(6-4-11)14(15,16)17;1-16-11(15)9-2-4-10(5-3-9)12(6-7-12)13-8-14/h3-7H,8H2,1-2H3;2-5H,6-7H2,1H3. The summed E-state index contributed by atoms with van der Waals surface area (Å²) in [5.74, 6) is -0.365. The van der Waals surface area contributed by atoms with E-state index in [1.165, 1.54) is 22.4 Å². The molecule has 34 heavy (non-hydrogen) atoms. The number of hydrogen-bond donors (Lipinski definition) is 0. The first-order valence-electron chi connectivity index (χ1n) is 10.6. The smallest absolute Gasteiger partial charge is 0.416 e. The highest BCUT2D eigenvalue weighted by molar-refractivity contribution is 7.12. The van der Waals surface area contributed by atoms with Crippen molar-refractivity contribution < 1.29 is 27.5 Å². The van der Waals surface area contributed by atoms with E-state index in [0.29, 0.717) is 12.0 Å². The van der Waals surface area contributed by atoms with Gasteiger partial charge >= 0.3 is 12.1 Å². The number of methoxy groups -OCH3 is 1. The minimum absolute atomic E-state index is 0.365. The summed E-state index contributed by atoms with van der Waals surface area (Å²) < 4.78 is 41.8. The molecule has 1 aromatic heterocycles. The molecule has 0 saturated heterocycles. The van der Waals surface area contributed by atoms with E-state index >= 15 is 0 Å². The molecule has 0 unspecified atom stereocenters. The van der Waals surface area contributed by atoms with Crippen molar-refractivity contribution in [3.05, 3.63) is 92.2 Å². The largest absolute Gasteiger partial charge is 0.465 e. The Hall–Kier alpha value is -3.22. The monoisotopic (exact) mass is 487 g/mol. The zero-order valence-electron chi connectivity index (χ0n) is 19.0. The van der Waals surface area contributed by atoms with Gasteiger partial charge in [0.15, 0.2) is 0 Å². The molecule has 1 heterocycles. The summed E-state index contributed by atoms with van der Waals surface area (Å²) in [5.41, 5.74) is 2.57. The number of carbonyl (C=O) groups excluding carboxylic acids is 2. The first kappa shape index (κ1) is 25.4. The quantitative estimate of drug-likeness (QED) is 0.227. The van der Waals surface area contributed by atoms with Gasteiger partial charge in [-0.1, -0.05) is 24.3 Å². The number of esters is 1. The maximum absolute atomic E-state index is 12.4. The second kappa shape index (κ2) is 10.4. The van der Waals surface area contributed by atoms with Gasteiger partial charge in [0.05, 0.1) is 23.8 Å². The molecule has 1 fully saturated rings. The molecular weight excluding hydrogens is 463 g/mol. The van der Waals surface area contributed by atoms with E-state index in [-0.39, 0.29) is 11.5 Å². The van der Waals surface area contributed by atoms with Crippen molar-refractivity contribution in [1.29, 1.82) is 0 Å². The van der Waals surface area contributed by atoms with Crippen LogP contribution in [0.15, 0.2) is 59.6 Å². The molecule has 3 aromatic rings. The Morgan fingerprint density at radius 2 is 1.71 bits per heavy atom. The highest BCUT2D eigenvalue weighted by atomic mass is 32.1. The van der Waals surface area contributed by atoms with E-state index in [9.17, 15) is 22.8 Å². The maximum atomic E-state index is 12.4. The zero-order chi connectivity index (χ0) is 24.9. The van der Waals surface area contributed by atoms with Crippen LogP contribution in [0.1, 0.15) is 55.2 Å². The summed E-state index contributed by atoms with van der Waals surface area (Å²) in [6.07, 6.45) is -0.245. The molecule has 0 amide bonds. The lowest BCUT2D eigenvalue weighted by molar-refractivity contribution is -0.137. The lowest BCUT2D eigenvalue weighted by Gasteiger charge is -2.08. The average Bonchev–Trinajstić information content (AvgIpc) is 3.52. The molecule has 0 aliphatic heterocycles. The van der Waals surface area contributed by atoms with Gasteiger partial charge in [0.25, 0.3) is 0 Å². The highest BCUT2D eigenvalue weighted by Gasteiger charge is 2.44. The summed E-state index contributed by atoms with van der Waals surface area (Å²) >= 11 is 1.72. The van der Waals surface area contributed by atoms with Gasteiger partial charge in [0.2, 0.25) is 6.08 Å². The second-order valence-electron chi connectivity index (χ2n) is 8.11. The highest BCUT2D eigenvalue weighted by Crippen LogP contribution is 2.49. The van der Waals surface area contributed by atoms with E-state index in [4.69, 9.17) is 0 Å². The Labute approximate surface area is 200 Å². The number of rotatable bonds is 5. The molecule has 0 atom stereocenters. The van der Waals surface area contributed by atoms with Gasteiger partial charge in [0, 0.05) is 9.75 Å². The van der Waals surface area contributed by atoms with Crippen molar-refractivity contribution >= 4 is 23.4 Å². The van der Waals surface area contributed by atoms with Crippen molar-refractivity contribution in [2.45, 2.75) is 44.8 Å². The van der Waals surface area contributed by atoms with E-state index in [0.717, 1.165) is 36.1 Å². The van der Waals surface area contributed by atoms with E-state index in [2.05, 4.69) is 15.8 Å². The summed E-state index contributed by atoms with van der Waals surface area (Å²) in [6, 6.07) is 14.5. The molecule has 0 N–H and O–H groups in total. The summed E-state index contributed by atoms with van der Waals surface area (Å²) in [6.45, 7) is 4.07. The van der Waals surface area contributed by atoms with Crippen molar-refractivity contribution in [2.75, 3.05) is 7.11 Å². The van der Waals surface area contributed by atoms with Crippen LogP contribution in [0.2, 0.25) is 0 Å². The van der Waals surface area contributed by atoms with Gasteiger partial charge in [0.1, 0.15) is 0 Å². The van der Waals surface area contributed by atoms with Crippen LogP contribution in [-0.4, -0.2) is 19.2 Å². The molecule has 1 aliphatic carbocycles. The predicted molar refractivity (Wildman–Crippen MR) is 125 cm³/mol. The van der Waals surface area contributed by atoms with E-state index in [1.54, 1.807) is 53.8 Å². The van der Waals surface area contributed by atoms with E-state index < -0.39 is 11.7 Å². The third kappa shape index (κ3) is 6.22. The third-order valence-corrected chi connectivity index (χ3v) is 6.65. The number of isocyanates is 1. The Bertz CT molecular complexity index is 1190. The van der Waals surface area contributed by atoms with Gasteiger partial charge < -0.3 is 4.74 Å². The third-order valence-electron chi connectivity index (χ3n) is 5.65. The minimum atomic E-state index is -4.26. The molecule has 0 radical (unpaired) electrons. The first-order valence-corrected chi connectivity index (χ1v) is 11.4. The van der Waals surface area contributed by atoms with Crippen molar-refractivity contribution in [1.82, 2.24) is 0 Å². The average molecular weight is 488 g/mol. The zero-order valence-corrected chi connectivity index (χ0v) is 19.8. The number of thiophene rings is 1. The lowest BCUT2D eigenvalue weighted by atomic mass is 10.0. The number of nitrogens with zero attached hydrogens (tertiary/aromatic N) is 1. The fourth-order valence-electron chi connectivity index (χ4n) is 3.60. The maximum Gasteiger partial charge on any atom is 0.416 e. The number of halogens is 3. The first-order chi connectivity index (χ1) is 16.1. The Kier molecular flexibility index (Phi) is 7.75. The normalized spacial score (nSPS) is 13.8. The van der Waals surface area contributed by atoms with Gasteiger partial charge in [-0.05, 0) is 80.1 Å². The van der Waals surface area contributed by atoms with Crippen molar-refractivity contribution in [2.24, 2.45) is 4.99 Å². The molecule has 2 aromatic carbocycles. The number of hydrogen-bond acceptors (Lipinski definition) is 5. The number of benzene rings is 2. The van der Waals surface area contributed by atoms with Crippen LogP contribution in [0.25, 0.3) is 0 Å². The molecule has 1 aliphatic rings. The summed E-state index contributed by atoms with van der Waals surface area (Å²) in [4.78, 5) is 27.8. The van der Waals surface area contributed by atoms with Crippen LogP contribution in [-0.2, 0) is 27.7 Å². The topological polar surface area (TPSA) is 55.7 Å². The SMILES string of the molecule is COC(=O)c1ccc(C2(N=C=O)CC2)cc1.Cc1cc(Cc2ccc(C(F)(F)F)cc2)c(C)s1. The molecule has 8 heteroatoms. The number of aryl methyl sites for hydroxylation is 2. The van der Waals surface area contributed by atoms with Gasteiger partial charge in [-0.25, -0.2) is 9.59 Å². The Morgan fingerprint density at radius 3 is 2.15 bits per heavy atom. The van der Waals surface area contributed by atoms with Crippen molar-refractivity contribution in [3.63, 3.8) is 0 Å². The van der Waals surface area contributed by atoms with Gasteiger partial charge in [-0.15, -0.1) is 11.3 Å². The van der Waals surface area contributed by atoms with Gasteiger partial charge in [-0.2, -0.15) is 18.2 Å². The summed E-state index contributed by atoms with van der Waals surface area (Å²) in [7, 11) is 1.34. The second-order valence-corrected chi connectivity index (χ2v) is 9.57. The number of alkyl halides is 3. The van der Waals surface area contributed by atoms with Gasteiger partial charge in [-0.3, -0.25) is 0 Å². The fraction of sp³-hybridized carbons (Fsp3) is 0.308. The van der Waals surface area contributed by atoms with Crippen molar-refractivity contribution in [3.8, 4) is 0 Å². The summed E-state index contributed by atoms with van der Waals surface area (Å²) in [5, 5.41) is 0. The number of carbonyl (C=O) groups is 1. The molecule has 4 rings (SSSR count). The van der Waals surface area contributed by atoms with Crippen LogP contribution in [0, 0.1) is 13.8 Å². The number of ether oxygens (including phenoxy) is 1. The predicted octanol–water partition coefficient (Wildman–Crippen LogP) is 6.77. The lowest BCUT2D eigenvalue weighted by Crippen LogP contribution is -2.05. The fourth-order valence-corrected chi connectivity index (χ4v) is 4.54. The number of aliphatic imine (C=N–C) groups is 1. The molecule has 178 valence electrons. The van der Waals surface area contributed by atoms with Crippen LogP contribution in [0.5, 0.6) is 0 Å². The van der Waals surface area contributed by atoms with Crippen LogP contribution in [0.4, 0.5) is 13.2 Å². The Balaban J connectivity index is 0.000000192. The molecule has 0 spiro atoms. The Morgan fingerprint density at radius 1 is 1.09 bits per heavy atom. The molecule has 0 bridgehead atoms. The molecule has 1 saturated carbocycles. The minimum Gasteiger partial charge on any atom is -0.465 e.